The number of para-hydroxylation sites is 2. The first-order valence-corrected chi connectivity index (χ1v) is 8.35. The summed E-state index contributed by atoms with van der Waals surface area (Å²) in [6.45, 7) is 2.37. The Balaban J connectivity index is 1.41. The second-order valence-electron chi connectivity index (χ2n) is 6.14. The molecule has 1 N–H and O–H groups in total. The SMILES string of the molecule is Cn1c(CCNc2cc(C3CCOC3)ncn2)nc2ccccc21. The molecule has 4 rings (SSSR count). The normalized spacial score (nSPS) is 17.5. The third-order valence-electron chi connectivity index (χ3n) is 4.57. The molecule has 1 atom stereocenters. The number of hydrogen-bond acceptors (Lipinski definition) is 5. The van der Waals surface area contributed by atoms with Gasteiger partial charge < -0.3 is 14.6 Å². The van der Waals surface area contributed by atoms with Crippen LogP contribution in [0.1, 0.15) is 23.9 Å². The van der Waals surface area contributed by atoms with Gasteiger partial charge in [0, 0.05) is 38.6 Å². The largest absolute Gasteiger partial charge is 0.381 e. The first kappa shape index (κ1) is 15.1. The number of fused-ring (bicyclic) bond motifs is 1. The van der Waals surface area contributed by atoms with Gasteiger partial charge in [0.1, 0.15) is 18.0 Å². The van der Waals surface area contributed by atoms with Crippen LogP contribution in [0.15, 0.2) is 36.7 Å². The van der Waals surface area contributed by atoms with Crippen molar-refractivity contribution < 1.29 is 4.74 Å². The van der Waals surface area contributed by atoms with Crippen molar-refractivity contribution in [3.63, 3.8) is 0 Å². The fourth-order valence-corrected chi connectivity index (χ4v) is 3.18. The number of hydrogen-bond donors (Lipinski definition) is 1. The number of anilines is 1. The minimum atomic E-state index is 0.397. The quantitative estimate of drug-likeness (QED) is 0.781. The van der Waals surface area contributed by atoms with Gasteiger partial charge in [-0.05, 0) is 18.6 Å². The van der Waals surface area contributed by atoms with E-state index < -0.39 is 0 Å². The molecule has 0 saturated carbocycles. The van der Waals surface area contributed by atoms with E-state index >= 15 is 0 Å². The molecule has 6 nitrogen and oxygen atoms in total. The van der Waals surface area contributed by atoms with E-state index in [-0.39, 0.29) is 0 Å². The predicted octanol–water partition coefficient (Wildman–Crippen LogP) is 2.52. The lowest BCUT2D eigenvalue weighted by atomic mass is 10.1. The summed E-state index contributed by atoms with van der Waals surface area (Å²) in [5, 5.41) is 3.38. The molecule has 24 heavy (non-hydrogen) atoms. The predicted molar refractivity (Wildman–Crippen MR) is 93.1 cm³/mol. The summed E-state index contributed by atoms with van der Waals surface area (Å²) in [5.41, 5.74) is 3.27. The van der Waals surface area contributed by atoms with Crippen molar-refractivity contribution in [2.45, 2.75) is 18.8 Å². The van der Waals surface area contributed by atoms with Gasteiger partial charge >= 0.3 is 0 Å². The second kappa shape index (κ2) is 6.57. The molecule has 3 aromatic rings. The van der Waals surface area contributed by atoms with Gasteiger partial charge in [-0.1, -0.05) is 12.1 Å². The molecule has 6 heteroatoms. The zero-order valence-corrected chi connectivity index (χ0v) is 13.8. The molecule has 1 unspecified atom stereocenters. The van der Waals surface area contributed by atoms with Crippen LogP contribution in [0.2, 0.25) is 0 Å². The van der Waals surface area contributed by atoms with Crippen LogP contribution in [-0.4, -0.2) is 39.3 Å². The van der Waals surface area contributed by atoms with Crippen molar-refractivity contribution in [3.05, 3.63) is 48.2 Å². The molecule has 1 aromatic carbocycles. The molecule has 0 radical (unpaired) electrons. The van der Waals surface area contributed by atoms with Crippen LogP contribution >= 0.6 is 0 Å². The molecule has 0 aliphatic carbocycles. The Labute approximate surface area is 140 Å². The van der Waals surface area contributed by atoms with Crippen LogP contribution < -0.4 is 5.32 Å². The number of rotatable bonds is 5. The third kappa shape index (κ3) is 2.97. The molecular formula is C18H21N5O. The van der Waals surface area contributed by atoms with Gasteiger partial charge in [-0.25, -0.2) is 15.0 Å². The molecule has 1 fully saturated rings. The van der Waals surface area contributed by atoms with Gasteiger partial charge in [-0.15, -0.1) is 0 Å². The summed E-state index contributed by atoms with van der Waals surface area (Å²) in [6, 6.07) is 10.2. The second-order valence-corrected chi connectivity index (χ2v) is 6.14. The summed E-state index contributed by atoms with van der Waals surface area (Å²) in [4.78, 5) is 13.4. The average molecular weight is 323 g/mol. The van der Waals surface area contributed by atoms with Crippen molar-refractivity contribution in [1.82, 2.24) is 19.5 Å². The van der Waals surface area contributed by atoms with Crippen LogP contribution in [0.25, 0.3) is 11.0 Å². The van der Waals surface area contributed by atoms with E-state index in [1.54, 1.807) is 6.33 Å². The Morgan fingerprint density at radius 1 is 1.29 bits per heavy atom. The van der Waals surface area contributed by atoms with E-state index in [1.165, 1.54) is 0 Å². The molecule has 0 amide bonds. The zero-order chi connectivity index (χ0) is 16.4. The lowest BCUT2D eigenvalue weighted by Crippen LogP contribution is -2.11. The fourth-order valence-electron chi connectivity index (χ4n) is 3.18. The smallest absolute Gasteiger partial charge is 0.129 e. The van der Waals surface area contributed by atoms with E-state index in [0.29, 0.717) is 5.92 Å². The first-order chi connectivity index (χ1) is 11.8. The maximum absolute atomic E-state index is 5.44. The third-order valence-corrected chi connectivity index (χ3v) is 4.57. The number of aryl methyl sites for hydroxylation is 1. The first-order valence-electron chi connectivity index (χ1n) is 8.35. The number of nitrogens with zero attached hydrogens (tertiary/aromatic N) is 4. The average Bonchev–Trinajstić information content (AvgIpc) is 3.25. The highest BCUT2D eigenvalue weighted by Gasteiger charge is 2.19. The Kier molecular flexibility index (Phi) is 4.13. The highest BCUT2D eigenvalue weighted by molar-refractivity contribution is 5.75. The molecule has 3 heterocycles. The number of ether oxygens (including phenoxy) is 1. The summed E-state index contributed by atoms with van der Waals surface area (Å²) in [6.07, 6.45) is 3.51. The van der Waals surface area contributed by atoms with Crippen LogP contribution in [-0.2, 0) is 18.2 Å². The van der Waals surface area contributed by atoms with Crippen molar-refractivity contribution in [3.8, 4) is 0 Å². The summed E-state index contributed by atoms with van der Waals surface area (Å²) in [5.74, 6) is 2.33. The standard InChI is InChI=1S/C18H21N5O/c1-23-16-5-3-2-4-14(16)22-18(23)6-8-19-17-10-15(20-12-21-17)13-7-9-24-11-13/h2-5,10,12-13H,6-9,11H2,1H3,(H,19,20,21). The fraction of sp³-hybridized carbons (Fsp3) is 0.389. The Hall–Kier alpha value is -2.47. The van der Waals surface area contributed by atoms with Gasteiger partial charge in [-0.2, -0.15) is 0 Å². The maximum atomic E-state index is 5.44. The van der Waals surface area contributed by atoms with Crippen LogP contribution in [0.5, 0.6) is 0 Å². The molecule has 1 aliphatic rings. The lowest BCUT2D eigenvalue weighted by molar-refractivity contribution is 0.193. The molecule has 124 valence electrons. The minimum absolute atomic E-state index is 0.397. The van der Waals surface area contributed by atoms with Crippen molar-refractivity contribution in [2.24, 2.45) is 7.05 Å². The van der Waals surface area contributed by atoms with E-state index in [1.807, 2.05) is 24.3 Å². The van der Waals surface area contributed by atoms with E-state index in [0.717, 1.165) is 61.0 Å². The van der Waals surface area contributed by atoms with Gasteiger partial charge in [0.25, 0.3) is 0 Å². The van der Waals surface area contributed by atoms with Crippen LogP contribution in [0, 0.1) is 0 Å². The van der Waals surface area contributed by atoms with Gasteiger partial charge in [0.2, 0.25) is 0 Å². The Morgan fingerprint density at radius 3 is 3.04 bits per heavy atom. The summed E-state index contributed by atoms with van der Waals surface area (Å²) in [7, 11) is 2.06. The number of nitrogens with one attached hydrogen (secondary N) is 1. The van der Waals surface area contributed by atoms with Gasteiger partial charge in [0.05, 0.1) is 23.3 Å². The summed E-state index contributed by atoms with van der Waals surface area (Å²) >= 11 is 0. The molecule has 2 aromatic heterocycles. The number of aromatic nitrogens is 4. The van der Waals surface area contributed by atoms with E-state index in [2.05, 4.69) is 33.0 Å². The topological polar surface area (TPSA) is 64.9 Å². The van der Waals surface area contributed by atoms with Crippen molar-refractivity contribution in [2.75, 3.05) is 25.1 Å². The monoisotopic (exact) mass is 323 g/mol. The molecule has 0 bridgehead atoms. The highest BCUT2D eigenvalue weighted by Crippen LogP contribution is 2.24. The van der Waals surface area contributed by atoms with Crippen molar-refractivity contribution in [1.29, 1.82) is 0 Å². The van der Waals surface area contributed by atoms with E-state index in [4.69, 9.17) is 9.72 Å². The van der Waals surface area contributed by atoms with Crippen LogP contribution in [0.4, 0.5) is 5.82 Å². The molecule has 1 aliphatic heterocycles. The Bertz CT molecular complexity index is 838. The summed E-state index contributed by atoms with van der Waals surface area (Å²) < 4.78 is 7.59. The molecule has 0 spiro atoms. The van der Waals surface area contributed by atoms with E-state index in [9.17, 15) is 0 Å². The number of benzene rings is 1. The molecular weight excluding hydrogens is 302 g/mol. The van der Waals surface area contributed by atoms with Gasteiger partial charge in [-0.3, -0.25) is 0 Å². The minimum Gasteiger partial charge on any atom is -0.381 e. The highest BCUT2D eigenvalue weighted by atomic mass is 16.5. The Morgan fingerprint density at radius 2 is 2.21 bits per heavy atom. The lowest BCUT2D eigenvalue weighted by Gasteiger charge is -2.10. The van der Waals surface area contributed by atoms with Crippen LogP contribution in [0.3, 0.4) is 0 Å². The zero-order valence-electron chi connectivity index (χ0n) is 13.8. The van der Waals surface area contributed by atoms with Crippen molar-refractivity contribution >= 4 is 16.9 Å². The molecule has 1 saturated heterocycles. The maximum Gasteiger partial charge on any atom is 0.129 e. The number of imidazole rings is 1. The van der Waals surface area contributed by atoms with Gasteiger partial charge in [0.15, 0.2) is 0 Å².